The molecule has 1 atom stereocenters. The number of Topliss-reactive ketones (excluding diaryl/α,β-unsaturated/α-hetero) is 1. The number of pyridine rings is 1. The van der Waals surface area contributed by atoms with E-state index in [9.17, 15) is 4.79 Å². The second-order valence-electron chi connectivity index (χ2n) is 9.82. The Hall–Kier alpha value is -3.79. The summed E-state index contributed by atoms with van der Waals surface area (Å²) in [7, 11) is 1.63. The monoisotopic (exact) mass is 501 g/mol. The summed E-state index contributed by atoms with van der Waals surface area (Å²) in [5.74, 6) is 2.55. The van der Waals surface area contributed by atoms with E-state index in [-0.39, 0.29) is 17.9 Å². The van der Waals surface area contributed by atoms with Crippen molar-refractivity contribution in [3.63, 3.8) is 0 Å². The second-order valence-corrected chi connectivity index (χ2v) is 9.82. The Morgan fingerprint density at radius 1 is 1.16 bits per heavy atom. The summed E-state index contributed by atoms with van der Waals surface area (Å²) in [6.07, 6.45) is 6.89. The molecule has 37 heavy (non-hydrogen) atoms. The van der Waals surface area contributed by atoms with E-state index in [1.165, 1.54) is 0 Å². The minimum absolute atomic E-state index is 0.109. The molecule has 4 heterocycles. The van der Waals surface area contributed by atoms with Crippen molar-refractivity contribution < 1.29 is 14.3 Å². The third kappa shape index (κ3) is 4.57. The Kier molecular flexibility index (Phi) is 6.11. The summed E-state index contributed by atoms with van der Waals surface area (Å²) in [6, 6.07) is 7.75. The first-order valence-electron chi connectivity index (χ1n) is 12.9. The number of imidazole rings is 1. The van der Waals surface area contributed by atoms with Crippen LogP contribution in [0.1, 0.15) is 55.7 Å². The fraction of sp³-hybridized carbons (Fsp3) is 0.444. The van der Waals surface area contributed by atoms with Crippen LogP contribution in [0.2, 0.25) is 0 Å². The van der Waals surface area contributed by atoms with Gasteiger partial charge in [0.2, 0.25) is 0 Å². The molecule has 10 heteroatoms. The summed E-state index contributed by atoms with van der Waals surface area (Å²) in [4.78, 5) is 26.8. The largest absolute Gasteiger partial charge is 0.492 e. The van der Waals surface area contributed by atoms with Crippen LogP contribution in [0.3, 0.4) is 0 Å². The molecule has 2 fully saturated rings. The summed E-state index contributed by atoms with van der Waals surface area (Å²) in [5, 5.41) is 7.98. The van der Waals surface area contributed by atoms with Crippen LogP contribution in [-0.4, -0.2) is 48.8 Å². The van der Waals surface area contributed by atoms with E-state index in [4.69, 9.17) is 19.4 Å². The number of carbonyl (C=O) groups is 1. The molecular weight excluding hydrogens is 470 g/mol. The molecule has 0 radical (unpaired) electrons. The minimum atomic E-state index is -0.109. The highest BCUT2D eigenvalue weighted by atomic mass is 16.5. The predicted molar refractivity (Wildman–Crippen MR) is 138 cm³/mol. The van der Waals surface area contributed by atoms with Gasteiger partial charge in [0.05, 0.1) is 24.2 Å². The number of nitrogens with one attached hydrogen (secondary N) is 1. The number of anilines is 2. The number of fused-ring (bicyclic) bond motifs is 1. The number of hydrogen-bond acceptors (Lipinski definition) is 8. The maximum Gasteiger partial charge on any atom is 0.167 e. The molecule has 1 aliphatic heterocycles. The lowest BCUT2D eigenvalue weighted by molar-refractivity contribution is -0.119. The third-order valence-corrected chi connectivity index (χ3v) is 7.03. The number of benzene rings is 1. The number of ketones is 1. The zero-order valence-corrected chi connectivity index (χ0v) is 21.4. The van der Waals surface area contributed by atoms with E-state index < -0.39 is 0 Å². The highest BCUT2D eigenvalue weighted by Crippen LogP contribution is 2.37. The van der Waals surface area contributed by atoms with Gasteiger partial charge in [-0.2, -0.15) is 5.10 Å². The SMILES string of the molecule is COc1c(Nc2cc(CC(=O)C3CC3)nc3c2nc(C)n3C2CCCCO2)cccc1-n1cnc(C)n1. The molecule has 3 aromatic heterocycles. The van der Waals surface area contributed by atoms with Crippen LogP contribution in [0.25, 0.3) is 16.9 Å². The summed E-state index contributed by atoms with van der Waals surface area (Å²) < 4.78 is 15.7. The van der Waals surface area contributed by atoms with Crippen LogP contribution >= 0.6 is 0 Å². The molecule has 0 amide bonds. The zero-order valence-electron chi connectivity index (χ0n) is 21.4. The van der Waals surface area contributed by atoms with Crippen molar-refractivity contribution in [1.29, 1.82) is 0 Å². The van der Waals surface area contributed by atoms with Crippen LogP contribution in [0, 0.1) is 19.8 Å². The molecule has 1 aromatic carbocycles. The molecule has 1 N–H and O–H groups in total. The third-order valence-electron chi connectivity index (χ3n) is 7.03. The maximum atomic E-state index is 12.7. The molecule has 10 nitrogen and oxygen atoms in total. The van der Waals surface area contributed by atoms with Crippen molar-refractivity contribution in [2.24, 2.45) is 5.92 Å². The van der Waals surface area contributed by atoms with Gasteiger partial charge < -0.3 is 14.8 Å². The highest BCUT2D eigenvalue weighted by Gasteiger charge is 2.30. The van der Waals surface area contributed by atoms with Crippen molar-refractivity contribution in [3.8, 4) is 11.4 Å². The van der Waals surface area contributed by atoms with Gasteiger partial charge in [-0.25, -0.2) is 19.6 Å². The Morgan fingerprint density at radius 3 is 2.73 bits per heavy atom. The summed E-state index contributed by atoms with van der Waals surface area (Å²) in [5.41, 5.74) is 4.48. The van der Waals surface area contributed by atoms with Gasteiger partial charge in [0.15, 0.2) is 11.4 Å². The number of para-hydroxylation sites is 1. The van der Waals surface area contributed by atoms with Gasteiger partial charge >= 0.3 is 0 Å². The summed E-state index contributed by atoms with van der Waals surface area (Å²) >= 11 is 0. The fourth-order valence-corrected chi connectivity index (χ4v) is 5.04. The van der Waals surface area contributed by atoms with Gasteiger partial charge in [0.1, 0.15) is 41.2 Å². The lowest BCUT2D eigenvalue weighted by atomic mass is 10.1. The molecular formula is C27H31N7O3. The number of ether oxygens (including phenoxy) is 2. The van der Waals surface area contributed by atoms with Crippen LogP contribution in [0.15, 0.2) is 30.6 Å². The lowest BCUT2D eigenvalue weighted by Crippen LogP contribution is -2.19. The molecule has 1 saturated carbocycles. The summed E-state index contributed by atoms with van der Waals surface area (Å²) in [6.45, 7) is 4.55. The molecule has 6 rings (SSSR count). The average molecular weight is 502 g/mol. The van der Waals surface area contributed by atoms with Gasteiger partial charge in [-0.1, -0.05) is 6.07 Å². The Balaban J connectivity index is 1.45. The standard InChI is InChI=1S/C27H31N7O3/c1-16-28-15-33(32-16)22-8-6-7-20(26(22)36-3)31-21-13-19(14-23(35)18-10-11-18)30-27-25(21)29-17(2)34(27)24-9-4-5-12-37-24/h6-8,13,15,18,24H,4-5,9-12,14H2,1-3H3,(H,30,31). The van der Waals surface area contributed by atoms with E-state index in [2.05, 4.69) is 20.0 Å². The molecule has 0 bridgehead atoms. The van der Waals surface area contributed by atoms with Crippen LogP contribution in [-0.2, 0) is 16.0 Å². The first-order valence-corrected chi connectivity index (χ1v) is 12.9. The van der Waals surface area contributed by atoms with Crippen LogP contribution in [0.4, 0.5) is 11.4 Å². The van der Waals surface area contributed by atoms with Gasteiger partial charge in [0.25, 0.3) is 0 Å². The van der Waals surface area contributed by atoms with Gasteiger partial charge in [0, 0.05) is 18.9 Å². The zero-order chi connectivity index (χ0) is 25.5. The number of carbonyl (C=O) groups excluding carboxylic acids is 1. The number of nitrogens with zero attached hydrogens (tertiary/aromatic N) is 6. The van der Waals surface area contributed by atoms with Gasteiger partial charge in [-0.15, -0.1) is 0 Å². The number of rotatable bonds is 8. The van der Waals surface area contributed by atoms with E-state index >= 15 is 0 Å². The molecule has 0 spiro atoms. The molecule has 4 aromatic rings. The van der Waals surface area contributed by atoms with E-state index in [0.717, 1.165) is 78.5 Å². The number of aromatic nitrogens is 6. The van der Waals surface area contributed by atoms with E-state index in [1.54, 1.807) is 18.1 Å². The fourth-order valence-electron chi connectivity index (χ4n) is 5.04. The minimum Gasteiger partial charge on any atom is -0.492 e. The molecule has 1 unspecified atom stereocenters. The van der Waals surface area contributed by atoms with Gasteiger partial charge in [-0.3, -0.25) is 9.36 Å². The normalized spacial score (nSPS) is 17.8. The number of methoxy groups -OCH3 is 1. The number of aryl methyl sites for hydroxylation is 2. The smallest absolute Gasteiger partial charge is 0.167 e. The first-order chi connectivity index (χ1) is 18.0. The van der Waals surface area contributed by atoms with Crippen molar-refractivity contribution >= 4 is 28.3 Å². The average Bonchev–Trinajstić information content (AvgIpc) is 3.58. The van der Waals surface area contributed by atoms with Crippen molar-refractivity contribution in [3.05, 3.63) is 47.9 Å². The lowest BCUT2D eigenvalue weighted by Gasteiger charge is -2.25. The van der Waals surface area contributed by atoms with Crippen LogP contribution in [0.5, 0.6) is 5.75 Å². The predicted octanol–water partition coefficient (Wildman–Crippen LogP) is 4.60. The first kappa shape index (κ1) is 23.6. The number of hydrogen-bond donors (Lipinski definition) is 1. The maximum absolute atomic E-state index is 12.7. The Bertz CT molecular complexity index is 1460. The molecule has 2 aliphatic rings. The van der Waals surface area contributed by atoms with Crippen LogP contribution < -0.4 is 10.1 Å². The Morgan fingerprint density at radius 2 is 2.03 bits per heavy atom. The topological polar surface area (TPSA) is 109 Å². The molecule has 1 aliphatic carbocycles. The highest BCUT2D eigenvalue weighted by molar-refractivity contribution is 5.92. The molecule has 1 saturated heterocycles. The molecule has 192 valence electrons. The van der Waals surface area contributed by atoms with Crippen molar-refractivity contribution in [2.75, 3.05) is 19.0 Å². The second kappa shape index (κ2) is 9.59. The Labute approximate surface area is 215 Å². The van der Waals surface area contributed by atoms with Gasteiger partial charge in [-0.05, 0) is 64.2 Å². The quantitative estimate of drug-likeness (QED) is 0.373. The van der Waals surface area contributed by atoms with E-state index in [0.29, 0.717) is 18.0 Å². The van der Waals surface area contributed by atoms with Crippen molar-refractivity contribution in [1.82, 2.24) is 29.3 Å². The van der Waals surface area contributed by atoms with E-state index in [1.807, 2.05) is 38.1 Å². The van der Waals surface area contributed by atoms with Crippen molar-refractivity contribution in [2.45, 2.75) is 58.6 Å².